The maximum absolute atomic E-state index is 12.7. The van der Waals surface area contributed by atoms with Crippen LogP contribution in [0.3, 0.4) is 0 Å². The Kier molecular flexibility index (Phi) is 5.61. The summed E-state index contributed by atoms with van der Waals surface area (Å²) in [5.41, 5.74) is -0.565. The summed E-state index contributed by atoms with van der Waals surface area (Å²) in [7, 11) is 1.56. The van der Waals surface area contributed by atoms with Crippen molar-refractivity contribution in [1.82, 2.24) is 19.1 Å². The van der Waals surface area contributed by atoms with E-state index in [1.54, 1.807) is 11.6 Å². The fourth-order valence-electron chi connectivity index (χ4n) is 4.11. The molecular formula is C23H25N5O5. The highest BCUT2D eigenvalue weighted by molar-refractivity contribution is 5.83. The molecule has 172 valence electrons. The van der Waals surface area contributed by atoms with Gasteiger partial charge in [0.25, 0.3) is 5.56 Å². The van der Waals surface area contributed by atoms with Gasteiger partial charge in [-0.15, -0.1) is 0 Å². The quantitative estimate of drug-likeness (QED) is 0.447. The van der Waals surface area contributed by atoms with Crippen molar-refractivity contribution in [2.24, 2.45) is 7.05 Å². The van der Waals surface area contributed by atoms with Crippen LogP contribution in [0.1, 0.15) is 0 Å². The minimum atomic E-state index is -0.912. The summed E-state index contributed by atoms with van der Waals surface area (Å²) in [5.74, 6) is 1.17. The van der Waals surface area contributed by atoms with Gasteiger partial charge in [0.05, 0.1) is 19.8 Å². The van der Waals surface area contributed by atoms with Crippen molar-refractivity contribution < 1.29 is 14.6 Å². The molecule has 0 spiro atoms. The van der Waals surface area contributed by atoms with E-state index in [1.165, 1.54) is 4.57 Å². The highest BCUT2D eigenvalue weighted by Crippen LogP contribution is 2.23. The Labute approximate surface area is 188 Å². The number of nitrogens with zero attached hydrogens (tertiary/aromatic N) is 4. The van der Waals surface area contributed by atoms with Crippen LogP contribution < -0.4 is 20.9 Å². The zero-order valence-corrected chi connectivity index (χ0v) is 18.2. The number of nitrogens with one attached hydrogen (secondary N) is 1. The molecule has 1 aliphatic heterocycles. The first-order chi connectivity index (χ1) is 16.0. The van der Waals surface area contributed by atoms with E-state index >= 15 is 0 Å². The predicted octanol–water partition coefficient (Wildman–Crippen LogP) is 0.853. The van der Waals surface area contributed by atoms with Crippen LogP contribution in [0, 0.1) is 0 Å². The zero-order chi connectivity index (χ0) is 22.9. The van der Waals surface area contributed by atoms with Crippen LogP contribution in [0.25, 0.3) is 21.9 Å². The maximum atomic E-state index is 12.7. The second-order valence-electron chi connectivity index (χ2n) is 8.09. The lowest BCUT2D eigenvalue weighted by molar-refractivity contribution is 0.0928. The maximum Gasteiger partial charge on any atom is 0.329 e. The summed E-state index contributed by atoms with van der Waals surface area (Å²) in [4.78, 5) is 33.6. The molecule has 10 nitrogen and oxygen atoms in total. The highest BCUT2D eigenvalue weighted by atomic mass is 16.5. The monoisotopic (exact) mass is 451 g/mol. The molecule has 3 heterocycles. The third kappa shape index (κ3) is 4.10. The van der Waals surface area contributed by atoms with Crippen molar-refractivity contribution in [2.45, 2.75) is 12.6 Å². The van der Waals surface area contributed by atoms with Crippen LogP contribution in [0.2, 0.25) is 0 Å². The van der Waals surface area contributed by atoms with Crippen molar-refractivity contribution in [3.8, 4) is 5.75 Å². The molecular weight excluding hydrogens is 426 g/mol. The van der Waals surface area contributed by atoms with Crippen LogP contribution in [0.5, 0.6) is 5.75 Å². The molecule has 10 heteroatoms. The smallest absolute Gasteiger partial charge is 0.329 e. The second kappa shape index (κ2) is 8.72. The molecule has 2 N–H and O–H groups in total. The normalized spacial score (nSPS) is 15.3. The lowest BCUT2D eigenvalue weighted by Crippen LogP contribution is -2.39. The third-order valence-electron chi connectivity index (χ3n) is 5.84. The van der Waals surface area contributed by atoms with Crippen molar-refractivity contribution in [2.75, 3.05) is 37.8 Å². The molecule has 1 fully saturated rings. The Hall–Kier alpha value is -3.63. The Morgan fingerprint density at radius 1 is 1.15 bits per heavy atom. The van der Waals surface area contributed by atoms with Gasteiger partial charge in [-0.2, -0.15) is 4.98 Å². The number of rotatable bonds is 6. The number of aliphatic hydroxyl groups excluding tert-OH is 1. The molecule has 0 saturated carbocycles. The molecule has 2 aromatic heterocycles. The van der Waals surface area contributed by atoms with Gasteiger partial charge in [-0.1, -0.05) is 30.3 Å². The lowest BCUT2D eigenvalue weighted by atomic mass is 10.1. The van der Waals surface area contributed by atoms with E-state index in [4.69, 9.17) is 9.47 Å². The first-order valence-electron chi connectivity index (χ1n) is 10.8. The van der Waals surface area contributed by atoms with Gasteiger partial charge in [0, 0.05) is 20.1 Å². The zero-order valence-electron chi connectivity index (χ0n) is 18.2. The van der Waals surface area contributed by atoms with Crippen LogP contribution in [-0.4, -0.2) is 63.2 Å². The molecule has 33 heavy (non-hydrogen) atoms. The predicted molar refractivity (Wildman–Crippen MR) is 124 cm³/mol. The summed E-state index contributed by atoms with van der Waals surface area (Å²) in [6.45, 7) is 2.37. The standard InChI is InChI=1S/C23H25N5O5/c1-26-20-19(21(30)25-23(26)31)28(22(24-20)27-8-10-32-11-9-27)13-17(29)14-33-18-7-6-15-4-2-3-5-16(15)12-18/h2-7,12,17,29H,8-11,13-14H2,1H3,(H,25,30,31)/t17-/m0/s1. The fourth-order valence-corrected chi connectivity index (χ4v) is 4.11. The van der Waals surface area contributed by atoms with Crippen LogP contribution in [0.4, 0.5) is 5.95 Å². The summed E-state index contributed by atoms with van der Waals surface area (Å²) in [6.07, 6.45) is -0.912. The largest absolute Gasteiger partial charge is 0.491 e. The number of aryl methyl sites for hydroxylation is 1. The van der Waals surface area contributed by atoms with Gasteiger partial charge in [-0.3, -0.25) is 14.3 Å². The van der Waals surface area contributed by atoms with E-state index in [2.05, 4.69) is 9.97 Å². The molecule has 0 bridgehead atoms. The van der Waals surface area contributed by atoms with Crippen molar-refractivity contribution in [3.63, 3.8) is 0 Å². The number of benzene rings is 2. The van der Waals surface area contributed by atoms with E-state index in [0.717, 1.165) is 10.8 Å². The number of ether oxygens (including phenoxy) is 2. The SMILES string of the molecule is Cn1c(=O)[nH]c(=O)c2c1nc(N1CCOCC1)n2C[C@H](O)COc1ccc2ccccc2c1. The van der Waals surface area contributed by atoms with Gasteiger partial charge in [0.15, 0.2) is 11.2 Å². The second-order valence-corrected chi connectivity index (χ2v) is 8.09. The average molecular weight is 451 g/mol. The molecule has 0 aliphatic carbocycles. The number of aliphatic hydroxyl groups is 1. The van der Waals surface area contributed by atoms with E-state index in [-0.39, 0.29) is 24.3 Å². The third-order valence-corrected chi connectivity index (χ3v) is 5.84. The average Bonchev–Trinajstić information content (AvgIpc) is 3.21. The van der Waals surface area contributed by atoms with E-state index in [0.29, 0.717) is 38.0 Å². The van der Waals surface area contributed by atoms with Crippen molar-refractivity contribution in [3.05, 3.63) is 63.3 Å². The number of morpholine rings is 1. The molecule has 0 unspecified atom stereocenters. The molecule has 4 aromatic rings. The van der Waals surface area contributed by atoms with Crippen LogP contribution >= 0.6 is 0 Å². The molecule has 1 saturated heterocycles. The number of aromatic amines is 1. The molecule has 2 aromatic carbocycles. The number of hydrogen-bond acceptors (Lipinski definition) is 7. The number of aromatic nitrogens is 4. The first kappa shape index (κ1) is 21.2. The summed E-state index contributed by atoms with van der Waals surface area (Å²) in [5, 5.41) is 13.0. The molecule has 5 rings (SSSR count). The lowest BCUT2D eigenvalue weighted by Gasteiger charge is -2.28. The van der Waals surface area contributed by atoms with E-state index in [1.807, 2.05) is 47.4 Å². The number of anilines is 1. The number of imidazole rings is 1. The minimum absolute atomic E-state index is 0.0320. The first-order valence-corrected chi connectivity index (χ1v) is 10.8. The van der Waals surface area contributed by atoms with Gasteiger partial charge >= 0.3 is 5.69 Å². The summed E-state index contributed by atoms with van der Waals surface area (Å²) >= 11 is 0. The Morgan fingerprint density at radius 2 is 1.91 bits per heavy atom. The molecule has 0 amide bonds. The number of fused-ring (bicyclic) bond motifs is 2. The Bertz CT molecular complexity index is 1420. The van der Waals surface area contributed by atoms with Crippen LogP contribution in [0.15, 0.2) is 52.1 Å². The van der Waals surface area contributed by atoms with Gasteiger partial charge in [-0.05, 0) is 22.9 Å². The highest BCUT2D eigenvalue weighted by Gasteiger charge is 2.24. The molecule has 1 aliphatic rings. The number of hydrogen-bond donors (Lipinski definition) is 2. The fraction of sp³-hybridized carbons (Fsp3) is 0.348. The Morgan fingerprint density at radius 3 is 2.70 bits per heavy atom. The molecule has 0 radical (unpaired) electrons. The van der Waals surface area contributed by atoms with Gasteiger partial charge < -0.3 is 24.0 Å². The number of H-pyrrole nitrogens is 1. The van der Waals surface area contributed by atoms with Crippen LogP contribution in [-0.2, 0) is 18.3 Å². The molecule has 1 atom stereocenters. The summed E-state index contributed by atoms with van der Waals surface area (Å²) < 4.78 is 14.2. The van der Waals surface area contributed by atoms with Gasteiger partial charge in [0.1, 0.15) is 18.5 Å². The van der Waals surface area contributed by atoms with E-state index < -0.39 is 17.4 Å². The summed E-state index contributed by atoms with van der Waals surface area (Å²) in [6, 6.07) is 13.7. The minimum Gasteiger partial charge on any atom is -0.491 e. The van der Waals surface area contributed by atoms with Gasteiger partial charge in [0.2, 0.25) is 5.95 Å². The van der Waals surface area contributed by atoms with E-state index in [9.17, 15) is 14.7 Å². The van der Waals surface area contributed by atoms with Crippen molar-refractivity contribution in [1.29, 1.82) is 0 Å². The topological polar surface area (TPSA) is 115 Å². The van der Waals surface area contributed by atoms with Gasteiger partial charge in [-0.25, -0.2) is 4.79 Å². The van der Waals surface area contributed by atoms with Crippen molar-refractivity contribution >= 4 is 27.9 Å². The Balaban J connectivity index is 1.43.